The highest BCUT2D eigenvalue weighted by Crippen LogP contribution is 2.42. The van der Waals surface area contributed by atoms with E-state index in [4.69, 9.17) is 16.6 Å². The van der Waals surface area contributed by atoms with Gasteiger partial charge in [-0.05, 0) is 25.2 Å². The molecule has 24 heavy (non-hydrogen) atoms. The molecule has 0 amide bonds. The molecule has 0 saturated carbocycles. The normalized spacial score (nSPS) is 17.4. The number of phenolic OH excluding ortho intramolecular Hbond substituents is 1. The van der Waals surface area contributed by atoms with E-state index in [1.54, 1.807) is 6.07 Å². The van der Waals surface area contributed by atoms with Crippen molar-refractivity contribution in [2.45, 2.75) is 0 Å². The second-order valence-corrected chi connectivity index (χ2v) is 6.65. The summed E-state index contributed by atoms with van der Waals surface area (Å²) in [4.78, 5) is 9.48. The minimum Gasteiger partial charge on any atom is -0.506 e. The zero-order valence-corrected chi connectivity index (χ0v) is 14.2. The van der Waals surface area contributed by atoms with Gasteiger partial charge in [-0.15, -0.1) is 0 Å². The van der Waals surface area contributed by atoms with Crippen LogP contribution in [0.4, 0.5) is 17.1 Å². The van der Waals surface area contributed by atoms with Crippen LogP contribution in [0.3, 0.4) is 0 Å². The van der Waals surface area contributed by atoms with Gasteiger partial charge in [0.2, 0.25) is 0 Å². The van der Waals surface area contributed by atoms with Gasteiger partial charge in [-0.3, -0.25) is 0 Å². The first-order valence-electron chi connectivity index (χ1n) is 8.03. The second-order valence-electron chi connectivity index (χ2n) is 6.22. The molecule has 0 spiro atoms. The van der Waals surface area contributed by atoms with Crippen molar-refractivity contribution in [2.24, 2.45) is 4.99 Å². The molecule has 1 fully saturated rings. The van der Waals surface area contributed by atoms with E-state index in [0.717, 1.165) is 43.3 Å². The summed E-state index contributed by atoms with van der Waals surface area (Å²) in [6.07, 6.45) is 0. The molecule has 0 aliphatic carbocycles. The Balaban J connectivity index is 1.86. The molecule has 6 heteroatoms. The highest BCUT2D eigenvalue weighted by atomic mass is 35.5. The lowest BCUT2D eigenvalue weighted by Crippen LogP contribution is -2.47. The predicted molar refractivity (Wildman–Crippen MR) is 98.1 cm³/mol. The third-order valence-electron chi connectivity index (χ3n) is 4.52. The van der Waals surface area contributed by atoms with Gasteiger partial charge in [-0.2, -0.15) is 0 Å². The largest absolute Gasteiger partial charge is 0.506 e. The maximum Gasteiger partial charge on any atom is 0.142 e. The number of anilines is 2. The van der Waals surface area contributed by atoms with E-state index in [0.29, 0.717) is 16.4 Å². The van der Waals surface area contributed by atoms with E-state index in [-0.39, 0.29) is 5.75 Å². The van der Waals surface area contributed by atoms with Gasteiger partial charge in [0, 0.05) is 48.5 Å². The Morgan fingerprint density at radius 3 is 2.67 bits per heavy atom. The molecule has 2 heterocycles. The van der Waals surface area contributed by atoms with Crippen molar-refractivity contribution in [1.29, 1.82) is 0 Å². The predicted octanol–water partition coefficient (Wildman–Crippen LogP) is 3.43. The number of fused-ring (bicyclic) bond motifs is 2. The first kappa shape index (κ1) is 15.3. The molecule has 0 bridgehead atoms. The Morgan fingerprint density at radius 2 is 1.88 bits per heavy atom. The van der Waals surface area contributed by atoms with Crippen molar-refractivity contribution in [3.63, 3.8) is 0 Å². The average Bonchev–Trinajstić information content (AvgIpc) is 2.73. The highest BCUT2D eigenvalue weighted by molar-refractivity contribution is 6.31. The Hall–Kier alpha value is -2.24. The van der Waals surface area contributed by atoms with E-state index in [1.807, 2.05) is 18.2 Å². The maximum absolute atomic E-state index is 10.3. The van der Waals surface area contributed by atoms with E-state index >= 15 is 0 Å². The molecule has 2 N–H and O–H groups in total. The number of nitrogens with one attached hydrogen (secondary N) is 1. The molecule has 0 atom stereocenters. The van der Waals surface area contributed by atoms with Gasteiger partial charge in [0.15, 0.2) is 0 Å². The van der Waals surface area contributed by atoms with Crippen LogP contribution in [0.5, 0.6) is 5.75 Å². The number of phenols is 1. The van der Waals surface area contributed by atoms with E-state index in [2.05, 4.69) is 28.2 Å². The summed E-state index contributed by atoms with van der Waals surface area (Å²) in [6, 6.07) is 11.4. The molecule has 2 aliphatic heterocycles. The fourth-order valence-corrected chi connectivity index (χ4v) is 3.36. The van der Waals surface area contributed by atoms with Gasteiger partial charge in [0.1, 0.15) is 17.3 Å². The van der Waals surface area contributed by atoms with Gasteiger partial charge < -0.3 is 20.2 Å². The van der Waals surface area contributed by atoms with Gasteiger partial charge >= 0.3 is 0 Å². The van der Waals surface area contributed by atoms with Gasteiger partial charge in [0.25, 0.3) is 0 Å². The average molecular weight is 343 g/mol. The van der Waals surface area contributed by atoms with Crippen molar-refractivity contribution < 1.29 is 5.11 Å². The van der Waals surface area contributed by atoms with Gasteiger partial charge in [0.05, 0.1) is 5.69 Å². The lowest BCUT2D eigenvalue weighted by Gasteiger charge is -2.34. The number of likely N-dealkylation sites (N-methyl/N-ethyl adjacent to an activating group) is 1. The van der Waals surface area contributed by atoms with E-state index in [9.17, 15) is 5.11 Å². The molecule has 4 rings (SSSR count). The fraction of sp³-hybridized carbons (Fsp3) is 0.278. The number of rotatable bonds is 0. The topological polar surface area (TPSA) is 51.1 Å². The fourth-order valence-electron chi connectivity index (χ4n) is 3.15. The monoisotopic (exact) mass is 342 g/mol. The van der Waals surface area contributed by atoms with Crippen LogP contribution in [-0.4, -0.2) is 54.0 Å². The van der Waals surface area contributed by atoms with Crippen LogP contribution in [-0.2, 0) is 0 Å². The van der Waals surface area contributed by atoms with Crippen LogP contribution >= 0.6 is 11.6 Å². The van der Waals surface area contributed by atoms with Crippen molar-refractivity contribution in [1.82, 2.24) is 9.80 Å². The quantitative estimate of drug-likeness (QED) is 0.720. The molecule has 0 unspecified atom stereocenters. The summed E-state index contributed by atoms with van der Waals surface area (Å²) < 4.78 is 0. The number of halogens is 1. The van der Waals surface area contributed by atoms with Crippen LogP contribution < -0.4 is 5.32 Å². The first-order valence-corrected chi connectivity index (χ1v) is 8.41. The lowest BCUT2D eigenvalue weighted by molar-refractivity contribution is 0.216. The summed E-state index contributed by atoms with van der Waals surface area (Å²) >= 11 is 6.12. The third kappa shape index (κ3) is 2.70. The number of hydrogen-bond acceptors (Lipinski definition) is 5. The minimum absolute atomic E-state index is 0.107. The maximum atomic E-state index is 10.3. The summed E-state index contributed by atoms with van der Waals surface area (Å²) in [5, 5.41) is 14.1. The molecular formula is C18H19ClN4O. The van der Waals surface area contributed by atoms with Crippen molar-refractivity contribution in [2.75, 3.05) is 38.5 Å². The Morgan fingerprint density at radius 1 is 1.12 bits per heavy atom. The zero-order valence-electron chi connectivity index (χ0n) is 13.5. The minimum atomic E-state index is 0.107. The molecule has 124 valence electrons. The number of para-hydroxylation sites is 1. The van der Waals surface area contributed by atoms with Crippen molar-refractivity contribution >= 4 is 34.5 Å². The smallest absolute Gasteiger partial charge is 0.142 e. The molecule has 2 aromatic rings. The first-order chi connectivity index (χ1) is 11.6. The number of aliphatic imine (C=N–C) groups is 1. The second kappa shape index (κ2) is 6.00. The van der Waals surface area contributed by atoms with Crippen LogP contribution in [0.25, 0.3) is 0 Å². The van der Waals surface area contributed by atoms with Gasteiger partial charge in [-0.1, -0.05) is 23.7 Å². The number of benzene rings is 2. The van der Waals surface area contributed by atoms with Gasteiger partial charge in [-0.25, -0.2) is 4.99 Å². The lowest BCUT2D eigenvalue weighted by atomic mass is 10.1. The van der Waals surface area contributed by atoms with E-state index in [1.165, 1.54) is 6.07 Å². The van der Waals surface area contributed by atoms with Crippen molar-refractivity contribution in [3.8, 4) is 5.75 Å². The number of aromatic hydroxyl groups is 1. The summed E-state index contributed by atoms with van der Waals surface area (Å²) in [7, 11) is 2.13. The third-order valence-corrected chi connectivity index (χ3v) is 4.74. The van der Waals surface area contributed by atoms with Crippen molar-refractivity contribution in [3.05, 3.63) is 47.0 Å². The van der Waals surface area contributed by atoms with Crippen LogP contribution in [0.1, 0.15) is 5.56 Å². The molecular weight excluding hydrogens is 324 g/mol. The standard InChI is InChI=1S/C18H19ClN4O/c1-22-6-8-23(9-7-22)18-13-4-2-3-5-14(13)20-17-15(21-18)10-12(19)11-16(17)24/h2-5,10-11,20,24H,6-9H2,1H3. The summed E-state index contributed by atoms with van der Waals surface area (Å²) in [6.45, 7) is 3.85. The molecule has 1 saturated heterocycles. The molecule has 0 aromatic heterocycles. The summed E-state index contributed by atoms with van der Waals surface area (Å²) in [5.74, 6) is 1.03. The number of piperazine rings is 1. The summed E-state index contributed by atoms with van der Waals surface area (Å²) in [5.41, 5.74) is 3.22. The Kier molecular flexibility index (Phi) is 3.82. The molecule has 2 aromatic carbocycles. The van der Waals surface area contributed by atoms with Crippen LogP contribution in [0.15, 0.2) is 41.4 Å². The molecule has 5 nitrogen and oxygen atoms in total. The number of amidine groups is 1. The Labute approximate surface area is 146 Å². The van der Waals surface area contributed by atoms with Crippen LogP contribution in [0, 0.1) is 0 Å². The molecule has 2 aliphatic rings. The van der Waals surface area contributed by atoms with Crippen LogP contribution in [0.2, 0.25) is 5.02 Å². The Bertz CT molecular complexity index is 813. The number of nitrogens with zero attached hydrogens (tertiary/aromatic N) is 3. The highest BCUT2D eigenvalue weighted by Gasteiger charge is 2.24. The number of hydrogen-bond donors (Lipinski definition) is 2. The zero-order chi connectivity index (χ0) is 16.7. The SMILES string of the molecule is CN1CCN(C2=Nc3cc(Cl)cc(O)c3Nc3ccccc32)CC1. The molecule has 0 radical (unpaired) electrons. The van der Waals surface area contributed by atoms with E-state index < -0.39 is 0 Å².